The number of aromatic nitrogens is 3. The summed E-state index contributed by atoms with van der Waals surface area (Å²) in [6, 6.07) is 1.21. The van der Waals surface area contributed by atoms with E-state index in [-0.39, 0.29) is 0 Å². The number of hydrogen-bond donors (Lipinski definition) is 3. The van der Waals surface area contributed by atoms with Crippen LogP contribution in [0, 0.1) is 0 Å². The van der Waals surface area contributed by atoms with Crippen LogP contribution >= 0.6 is 0 Å². The van der Waals surface area contributed by atoms with E-state index in [2.05, 4.69) is 20.3 Å². The number of aliphatic carboxylic acids is 1. The molecule has 1 unspecified atom stereocenters. The van der Waals surface area contributed by atoms with Gasteiger partial charge in [0.2, 0.25) is 0 Å². The van der Waals surface area contributed by atoms with Gasteiger partial charge in [-0.05, 0) is 18.1 Å². The average molecular weight is 218 g/mol. The predicted molar refractivity (Wildman–Crippen MR) is 56.0 cm³/mol. The molecule has 0 saturated heterocycles. The van der Waals surface area contributed by atoms with Gasteiger partial charge in [0.05, 0.1) is 17.5 Å². The molecule has 0 amide bonds. The van der Waals surface area contributed by atoms with Crippen LogP contribution in [0.15, 0.2) is 12.4 Å². The Balaban J connectivity index is 2.21. The zero-order valence-electron chi connectivity index (χ0n) is 8.40. The summed E-state index contributed by atoms with van der Waals surface area (Å²) >= 11 is 0. The molecule has 1 aliphatic heterocycles. The summed E-state index contributed by atoms with van der Waals surface area (Å²) in [5, 5.41) is 12.0. The molecule has 1 atom stereocenters. The van der Waals surface area contributed by atoms with Crippen LogP contribution in [-0.4, -0.2) is 32.6 Å². The van der Waals surface area contributed by atoms with Gasteiger partial charge in [0.15, 0.2) is 5.65 Å². The van der Waals surface area contributed by atoms with Gasteiger partial charge in [-0.1, -0.05) is 0 Å². The van der Waals surface area contributed by atoms with Gasteiger partial charge in [0, 0.05) is 6.54 Å². The van der Waals surface area contributed by atoms with Crippen molar-refractivity contribution >= 4 is 17.1 Å². The molecule has 1 aliphatic rings. The van der Waals surface area contributed by atoms with Crippen molar-refractivity contribution in [1.29, 1.82) is 0 Å². The van der Waals surface area contributed by atoms with Gasteiger partial charge in [0.25, 0.3) is 0 Å². The van der Waals surface area contributed by atoms with Crippen molar-refractivity contribution in [3.63, 3.8) is 0 Å². The third kappa shape index (κ3) is 1.27. The Hall–Kier alpha value is -1.95. The van der Waals surface area contributed by atoms with Crippen LogP contribution in [0.5, 0.6) is 0 Å². The van der Waals surface area contributed by atoms with Gasteiger partial charge in [-0.25, -0.2) is 9.97 Å². The molecule has 3 N–H and O–H groups in total. The van der Waals surface area contributed by atoms with Gasteiger partial charge >= 0.3 is 5.97 Å². The Morgan fingerprint density at radius 2 is 2.44 bits per heavy atom. The summed E-state index contributed by atoms with van der Waals surface area (Å²) in [4.78, 5) is 22.4. The first-order valence-electron chi connectivity index (χ1n) is 5.05. The van der Waals surface area contributed by atoms with Crippen LogP contribution in [0.3, 0.4) is 0 Å². The highest BCUT2D eigenvalue weighted by atomic mass is 16.4. The minimum absolute atomic E-state index is 0.564. The number of aromatic amines is 1. The molecule has 6 heteroatoms. The number of carbonyl (C=O) groups is 1. The number of imidazole rings is 1. The molecular formula is C10H10N4O2. The standard InChI is InChI=1S/C10H10N4O2/c15-10(16)8-7-5(1-2-11-8)3-6-9(14-7)13-4-12-6/h3-4,8,11H,1-2H2,(H,15,16)(H,12,13,14). The summed E-state index contributed by atoms with van der Waals surface area (Å²) < 4.78 is 0. The van der Waals surface area contributed by atoms with Crippen molar-refractivity contribution in [3.05, 3.63) is 23.7 Å². The summed E-state index contributed by atoms with van der Waals surface area (Å²) in [6.45, 7) is 0.658. The zero-order chi connectivity index (χ0) is 11.1. The monoisotopic (exact) mass is 218 g/mol. The lowest BCUT2D eigenvalue weighted by molar-refractivity contribution is -0.139. The minimum Gasteiger partial charge on any atom is -0.480 e. The lowest BCUT2D eigenvalue weighted by atomic mass is 10.00. The lowest BCUT2D eigenvalue weighted by Crippen LogP contribution is -2.35. The molecule has 0 radical (unpaired) electrons. The fourth-order valence-corrected chi connectivity index (χ4v) is 2.03. The molecule has 3 heterocycles. The summed E-state index contributed by atoms with van der Waals surface area (Å²) in [7, 11) is 0. The number of H-pyrrole nitrogens is 1. The largest absolute Gasteiger partial charge is 0.480 e. The SMILES string of the molecule is O=C(O)C1NCCc2cc3[nH]cnc3nc21. The van der Waals surface area contributed by atoms with E-state index >= 15 is 0 Å². The molecule has 0 aliphatic carbocycles. The molecule has 0 fully saturated rings. The Labute approximate surface area is 90.7 Å². The number of nitrogens with zero attached hydrogens (tertiary/aromatic N) is 2. The van der Waals surface area contributed by atoms with E-state index in [9.17, 15) is 4.79 Å². The maximum Gasteiger partial charge on any atom is 0.326 e. The van der Waals surface area contributed by atoms with Crippen LogP contribution in [0.4, 0.5) is 0 Å². The number of carboxylic acids is 1. The van der Waals surface area contributed by atoms with E-state index in [0.29, 0.717) is 17.9 Å². The smallest absolute Gasteiger partial charge is 0.326 e. The first kappa shape index (κ1) is 9.29. The van der Waals surface area contributed by atoms with E-state index in [1.165, 1.54) is 0 Å². The van der Waals surface area contributed by atoms with Crippen molar-refractivity contribution in [2.45, 2.75) is 12.5 Å². The maximum absolute atomic E-state index is 11.1. The lowest BCUT2D eigenvalue weighted by Gasteiger charge is -2.22. The molecule has 0 aromatic carbocycles. The second-order valence-electron chi connectivity index (χ2n) is 3.78. The van der Waals surface area contributed by atoms with Crippen molar-refractivity contribution in [1.82, 2.24) is 20.3 Å². The first-order chi connectivity index (χ1) is 7.75. The third-order valence-electron chi connectivity index (χ3n) is 2.78. The van der Waals surface area contributed by atoms with Crippen LogP contribution in [-0.2, 0) is 11.2 Å². The number of fused-ring (bicyclic) bond motifs is 2. The highest BCUT2D eigenvalue weighted by Gasteiger charge is 2.27. The second kappa shape index (κ2) is 3.28. The van der Waals surface area contributed by atoms with Crippen molar-refractivity contribution < 1.29 is 9.90 Å². The molecule has 0 spiro atoms. The quantitative estimate of drug-likeness (QED) is 0.637. The number of rotatable bonds is 1. The topological polar surface area (TPSA) is 90.9 Å². The average Bonchev–Trinajstić information content (AvgIpc) is 2.71. The van der Waals surface area contributed by atoms with Crippen molar-refractivity contribution in [2.24, 2.45) is 0 Å². The van der Waals surface area contributed by atoms with E-state index < -0.39 is 12.0 Å². The molecule has 3 rings (SSSR count). The van der Waals surface area contributed by atoms with Crippen molar-refractivity contribution in [3.8, 4) is 0 Å². The number of pyridine rings is 1. The molecule has 16 heavy (non-hydrogen) atoms. The second-order valence-corrected chi connectivity index (χ2v) is 3.78. The molecule has 0 saturated carbocycles. The molecule has 2 aromatic rings. The van der Waals surface area contributed by atoms with Gasteiger partial charge in [-0.3, -0.25) is 10.1 Å². The number of nitrogens with one attached hydrogen (secondary N) is 2. The van der Waals surface area contributed by atoms with Crippen LogP contribution in [0.2, 0.25) is 0 Å². The molecule has 82 valence electrons. The fraction of sp³-hybridized carbons (Fsp3) is 0.300. The number of carboxylic acid groups (broad SMARTS) is 1. The van der Waals surface area contributed by atoms with Gasteiger partial charge in [-0.15, -0.1) is 0 Å². The first-order valence-corrected chi connectivity index (χ1v) is 5.05. The summed E-state index contributed by atoms with van der Waals surface area (Å²) in [5.74, 6) is -0.900. The molecular weight excluding hydrogens is 208 g/mol. The maximum atomic E-state index is 11.1. The van der Waals surface area contributed by atoms with E-state index in [0.717, 1.165) is 17.5 Å². The highest BCUT2D eigenvalue weighted by molar-refractivity contribution is 5.78. The van der Waals surface area contributed by atoms with Gasteiger partial charge in [0.1, 0.15) is 6.04 Å². The van der Waals surface area contributed by atoms with Gasteiger partial charge in [-0.2, -0.15) is 0 Å². The summed E-state index contributed by atoms with van der Waals surface area (Å²) in [5.41, 5.74) is 2.97. The minimum atomic E-state index is -0.900. The molecule has 0 bridgehead atoms. The Morgan fingerprint density at radius 3 is 3.25 bits per heavy atom. The Morgan fingerprint density at radius 1 is 1.56 bits per heavy atom. The van der Waals surface area contributed by atoms with Crippen molar-refractivity contribution in [2.75, 3.05) is 6.54 Å². The van der Waals surface area contributed by atoms with E-state index in [1.807, 2.05) is 6.07 Å². The van der Waals surface area contributed by atoms with E-state index in [1.54, 1.807) is 6.33 Å². The highest BCUT2D eigenvalue weighted by Crippen LogP contribution is 2.23. The van der Waals surface area contributed by atoms with Crippen LogP contribution in [0.25, 0.3) is 11.2 Å². The number of hydrogen-bond acceptors (Lipinski definition) is 4. The Bertz CT molecular complexity index is 563. The predicted octanol–water partition coefficient (Wildman–Crippen LogP) is 0.229. The normalized spacial score (nSPS) is 19.6. The van der Waals surface area contributed by atoms with Crippen LogP contribution in [0.1, 0.15) is 17.3 Å². The zero-order valence-corrected chi connectivity index (χ0v) is 8.40. The molecule has 6 nitrogen and oxygen atoms in total. The summed E-state index contributed by atoms with van der Waals surface area (Å²) in [6.07, 6.45) is 2.35. The third-order valence-corrected chi connectivity index (χ3v) is 2.78. The van der Waals surface area contributed by atoms with Crippen LogP contribution < -0.4 is 5.32 Å². The van der Waals surface area contributed by atoms with Gasteiger partial charge < -0.3 is 10.1 Å². The molecule has 2 aromatic heterocycles. The fourth-order valence-electron chi connectivity index (χ4n) is 2.03. The Kier molecular flexibility index (Phi) is 1.90. The van der Waals surface area contributed by atoms with E-state index in [4.69, 9.17) is 5.11 Å².